The zero-order chi connectivity index (χ0) is 18.0. The minimum Gasteiger partial charge on any atom is -0.354 e. The molecule has 6 heteroatoms. The van der Waals surface area contributed by atoms with Crippen molar-refractivity contribution in [2.45, 2.75) is 40.2 Å². The number of nitrogens with zero attached hydrogens (tertiary/aromatic N) is 2. The van der Waals surface area contributed by atoms with Crippen LogP contribution in [-0.4, -0.2) is 20.9 Å². The fourth-order valence-corrected chi connectivity index (χ4v) is 3.07. The monoisotopic (exact) mass is 338 g/mol. The van der Waals surface area contributed by atoms with Crippen LogP contribution in [0.2, 0.25) is 0 Å². The predicted octanol–water partition coefficient (Wildman–Crippen LogP) is 3.65. The summed E-state index contributed by atoms with van der Waals surface area (Å²) < 4.78 is 5.47. The van der Waals surface area contributed by atoms with Gasteiger partial charge in [0, 0.05) is 23.4 Å². The van der Waals surface area contributed by atoms with Crippen molar-refractivity contribution in [2.75, 3.05) is 0 Å². The SMILES string of the molecule is CCCc1c(-c2nc(-c3ccc(CN)cc3)no2)[nH]c(C)c1C(C)=O. The van der Waals surface area contributed by atoms with Gasteiger partial charge in [-0.25, -0.2) is 0 Å². The van der Waals surface area contributed by atoms with E-state index in [-0.39, 0.29) is 5.78 Å². The normalized spacial score (nSPS) is 11.0. The maximum Gasteiger partial charge on any atom is 0.274 e. The van der Waals surface area contributed by atoms with E-state index in [1.54, 1.807) is 6.92 Å². The van der Waals surface area contributed by atoms with Gasteiger partial charge in [-0.15, -0.1) is 0 Å². The molecule has 0 aliphatic rings. The Hall–Kier alpha value is -2.73. The van der Waals surface area contributed by atoms with E-state index in [1.165, 1.54) is 0 Å². The van der Waals surface area contributed by atoms with Crippen LogP contribution in [-0.2, 0) is 13.0 Å². The van der Waals surface area contributed by atoms with Gasteiger partial charge < -0.3 is 15.2 Å². The van der Waals surface area contributed by atoms with E-state index in [9.17, 15) is 4.79 Å². The summed E-state index contributed by atoms with van der Waals surface area (Å²) in [5.74, 6) is 0.954. The first kappa shape index (κ1) is 17.1. The van der Waals surface area contributed by atoms with E-state index in [1.807, 2.05) is 31.2 Å². The van der Waals surface area contributed by atoms with Crippen LogP contribution in [0.5, 0.6) is 0 Å². The summed E-state index contributed by atoms with van der Waals surface area (Å²) in [5, 5.41) is 4.08. The molecule has 0 atom stereocenters. The van der Waals surface area contributed by atoms with Gasteiger partial charge in [0.15, 0.2) is 5.78 Å². The molecule has 2 heterocycles. The second-order valence-corrected chi connectivity index (χ2v) is 6.11. The molecule has 0 unspecified atom stereocenters. The van der Waals surface area contributed by atoms with Crippen LogP contribution < -0.4 is 5.73 Å². The number of nitrogens with two attached hydrogens (primary N) is 1. The molecule has 6 nitrogen and oxygen atoms in total. The molecule has 0 amide bonds. The second kappa shape index (κ2) is 7.03. The van der Waals surface area contributed by atoms with Crippen LogP contribution >= 0.6 is 0 Å². The minimum absolute atomic E-state index is 0.0422. The van der Waals surface area contributed by atoms with Crippen LogP contribution in [0, 0.1) is 6.92 Å². The summed E-state index contributed by atoms with van der Waals surface area (Å²) in [6.07, 6.45) is 1.70. The van der Waals surface area contributed by atoms with Crippen molar-refractivity contribution in [1.82, 2.24) is 15.1 Å². The first-order chi connectivity index (χ1) is 12.0. The number of ketones is 1. The lowest BCUT2D eigenvalue weighted by molar-refractivity contribution is 0.101. The lowest BCUT2D eigenvalue weighted by Crippen LogP contribution is -1.98. The number of carbonyl (C=O) groups excluding carboxylic acids is 1. The molecule has 0 bridgehead atoms. The van der Waals surface area contributed by atoms with Crippen LogP contribution in [0.1, 0.15) is 47.4 Å². The van der Waals surface area contributed by atoms with Crippen LogP contribution in [0.4, 0.5) is 0 Å². The van der Waals surface area contributed by atoms with Crippen molar-refractivity contribution in [3.05, 3.63) is 46.6 Å². The highest BCUT2D eigenvalue weighted by Crippen LogP contribution is 2.30. The second-order valence-electron chi connectivity index (χ2n) is 6.11. The number of hydrogen-bond acceptors (Lipinski definition) is 5. The number of aromatic nitrogens is 3. The summed E-state index contributed by atoms with van der Waals surface area (Å²) in [6.45, 7) is 6.04. The van der Waals surface area contributed by atoms with E-state index in [2.05, 4.69) is 22.0 Å². The molecular weight excluding hydrogens is 316 g/mol. The topological polar surface area (TPSA) is 97.8 Å². The van der Waals surface area contributed by atoms with Crippen LogP contribution in [0.3, 0.4) is 0 Å². The third-order valence-electron chi connectivity index (χ3n) is 4.23. The lowest BCUT2D eigenvalue weighted by atomic mass is 10.0. The largest absolute Gasteiger partial charge is 0.354 e. The Balaban J connectivity index is 2.02. The zero-order valence-electron chi connectivity index (χ0n) is 14.7. The van der Waals surface area contributed by atoms with Gasteiger partial charge in [-0.2, -0.15) is 4.98 Å². The summed E-state index contributed by atoms with van der Waals surface area (Å²) in [6, 6.07) is 7.73. The average molecular weight is 338 g/mol. The van der Waals surface area contributed by atoms with Crippen LogP contribution in [0.15, 0.2) is 28.8 Å². The van der Waals surface area contributed by atoms with Crippen molar-refractivity contribution < 1.29 is 9.32 Å². The van der Waals surface area contributed by atoms with Gasteiger partial charge in [-0.1, -0.05) is 42.8 Å². The minimum atomic E-state index is 0.0422. The molecule has 1 aromatic carbocycles. The molecule has 3 aromatic rings. The highest BCUT2D eigenvalue weighted by Gasteiger charge is 2.22. The Morgan fingerprint density at radius 3 is 2.60 bits per heavy atom. The van der Waals surface area contributed by atoms with Gasteiger partial charge in [0.2, 0.25) is 5.82 Å². The molecule has 0 fully saturated rings. The third kappa shape index (κ3) is 3.25. The number of benzene rings is 1. The van der Waals surface area contributed by atoms with Gasteiger partial charge >= 0.3 is 0 Å². The Morgan fingerprint density at radius 1 is 1.28 bits per heavy atom. The number of aromatic amines is 1. The Kier molecular flexibility index (Phi) is 4.81. The maximum atomic E-state index is 12.0. The highest BCUT2D eigenvalue weighted by molar-refractivity contribution is 5.98. The fourth-order valence-electron chi connectivity index (χ4n) is 3.07. The Morgan fingerprint density at radius 2 is 2.00 bits per heavy atom. The number of nitrogens with one attached hydrogen (secondary N) is 1. The van der Waals surface area contributed by atoms with Crippen molar-refractivity contribution >= 4 is 5.78 Å². The molecular formula is C19H22N4O2. The standard InChI is InChI=1S/C19H22N4O2/c1-4-5-15-16(12(3)24)11(2)21-17(15)19-22-18(23-25-19)14-8-6-13(10-20)7-9-14/h6-9,21H,4-5,10,20H2,1-3H3. The molecule has 3 N–H and O–H groups in total. The first-order valence-electron chi connectivity index (χ1n) is 8.41. The van der Waals surface area contributed by atoms with Gasteiger partial charge in [0.1, 0.15) is 5.69 Å². The molecule has 0 radical (unpaired) electrons. The molecule has 0 saturated carbocycles. The smallest absolute Gasteiger partial charge is 0.274 e. The molecule has 0 aliphatic carbocycles. The molecule has 0 spiro atoms. The lowest BCUT2D eigenvalue weighted by Gasteiger charge is -2.01. The number of carbonyl (C=O) groups is 1. The number of H-pyrrole nitrogens is 1. The van der Waals surface area contributed by atoms with Gasteiger partial charge in [-0.3, -0.25) is 4.79 Å². The first-order valence-corrected chi connectivity index (χ1v) is 8.41. The Bertz CT molecular complexity index is 891. The fraction of sp³-hybridized carbons (Fsp3) is 0.316. The van der Waals surface area contributed by atoms with Crippen molar-refractivity contribution in [3.63, 3.8) is 0 Å². The quantitative estimate of drug-likeness (QED) is 0.669. The predicted molar refractivity (Wildman–Crippen MR) is 96.1 cm³/mol. The average Bonchev–Trinajstić information content (AvgIpc) is 3.20. The number of aryl methyl sites for hydroxylation is 1. The van der Waals surface area contributed by atoms with Gasteiger partial charge in [0.05, 0.1) is 0 Å². The van der Waals surface area contributed by atoms with Gasteiger partial charge in [-0.05, 0) is 31.4 Å². The maximum absolute atomic E-state index is 12.0. The van der Waals surface area contributed by atoms with E-state index >= 15 is 0 Å². The van der Waals surface area contributed by atoms with Crippen molar-refractivity contribution in [3.8, 4) is 23.0 Å². The number of hydrogen-bond donors (Lipinski definition) is 2. The Labute approximate surface area is 146 Å². The summed E-state index contributed by atoms with van der Waals surface area (Å²) >= 11 is 0. The van der Waals surface area contributed by atoms with Gasteiger partial charge in [0.25, 0.3) is 5.89 Å². The number of Topliss-reactive ketones (excluding diaryl/α,β-unsaturated/α-hetero) is 1. The summed E-state index contributed by atoms with van der Waals surface area (Å²) in [4.78, 5) is 19.8. The van der Waals surface area contributed by atoms with Crippen LogP contribution in [0.25, 0.3) is 23.0 Å². The zero-order valence-corrected chi connectivity index (χ0v) is 14.7. The molecule has 130 valence electrons. The molecule has 25 heavy (non-hydrogen) atoms. The molecule has 0 aliphatic heterocycles. The molecule has 2 aromatic heterocycles. The van der Waals surface area contributed by atoms with E-state index in [0.29, 0.717) is 18.3 Å². The van der Waals surface area contributed by atoms with E-state index in [4.69, 9.17) is 10.3 Å². The van der Waals surface area contributed by atoms with Crippen molar-refractivity contribution in [2.24, 2.45) is 5.73 Å². The summed E-state index contributed by atoms with van der Waals surface area (Å²) in [5.41, 5.74) is 10.8. The number of rotatable bonds is 6. The summed E-state index contributed by atoms with van der Waals surface area (Å²) in [7, 11) is 0. The highest BCUT2D eigenvalue weighted by atomic mass is 16.5. The van der Waals surface area contributed by atoms with E-state index < -0.39 is 0 Å². The third-order valence-corrected chi connectivity index (χ3v) is 4.23. The molecule has 3 rings (SSSR count). The molecule has 0 saturated heterocycles. The van der Waals surface area contributed by atoms with E-state index in [0.717, 1.165) is 46.5 Å². The van der Waals surface area contributed by atoms with Crippen molar-refractivity contribution in [1.29, 1.82) is 0 Å².